The molecule has 23 heavy (non-hydrogen) atoms. The molecule has 0 aliphatic carbocycles. The van der Waals surface area contributed by atoms with Gasteiger partial charge in [-0.2, -0.15) is 0 Å². The number of amides is 1. The summed E-state index contributed by atoms with van der Waals surface area (Å²) in [5.41, 5.74) is 0.643. The average Bonchev–Trinajstić information content (AvgIpc) is 3.19. The summed E-state index contributed by atoms with van der Waals surface area (Å²) in [6.07, 6.45) is 7.17. The minimum atomic E-state index is -0.685. The van der Waals surface area contributed by atoms with E-state index in [-0.39, 0.29) is 18.4 Å². The maximum atomic E-state index is 12.6. The number of nitrogens with zero attached hydrogens (tertiary/aromatic N) is 2. The smallest absolute Gasteiger partial charge is 0.228 e. The normalized spacial score (nSPS) is 20.2. The van der Waals surface area contributed by atoms with E-state index in [1.165, 1.54) is 6.26 Å². The molecule has 2 aromatic heterocycles. The molecule has 0 bridgehead atoms. The van der Waals surface area contributed by atoms with Gasteiger partial charge in [0.05, 0.1) is 18.4 Å². The molecule has 3 heterocycles. The molecule has 2 atom stereocenters. The third-order valence-corrected chi connectivity index (χ3v) is 4.39. The number of carbonyl (C=O) groups excluding carboxylic acids is 1. The minimum absolute atomic E-state index is 0.0250. The van der Waals surface area contributed by atoms with Crippen LogP contribution >= 0.6 is 0 Å². The summed E-state index contributed by atoms with van der Waals surface area (Å²) in [7, 11) is 0. The Kier molecular flexibility index (Phi) is 5.12. The van der Waals surface area contributed by atoms with Crippen molar-refractivity contribution >= 4 is 5.91 Å². The van der Waals surface area contributed by atoms with Crippen LogP contribution in [0.3, 0.4) is 0 Å². The van der Waals surface area contributed by atoms with Gasteiger partial charge in [0, 0.05) is 25.1 Å². The molecule has 1 amide bonds. The van der Waals surface area contributed by atoms with Crippen molar-refractivity contribution in [3.05, 3.63) is 42.2 Å². The van der Waals surface area contributed by atoms with E-state index in [4.69, 9.17) is 8.94 Å². The van der Waals surface area contributed by atoms with Gasteiger partial charge < -0.3 is 18.9 Å². The number of carbonyl (C=O) groups is 1. The van der Waals surface area contributed by atoms with E-state index >= 15 is 0 Å². The van der Waals surface area contributed by atoms with Gasteiger partial charge in [-0.25, -0.2) is 0 Å². The molecule has 2 aromatic rings. The van der Waals surface area contributed by atoms with E-state index in [1.54, 1.807) is 24.5 Å². The molecule has 1 saturated heterocycles. The van der Waals surface area contributed by atoms with Crippen LogP contribution in [0.15, 0.2) is 39.7 Å². The van der Waals surface area contributed by atoms with Crippen molar-refractivity contribution < 1.29 is 18.8 Å². The van der Waals surface area contributed by atoms with Crippen molar-refractivity contribution in [2.45, 2.75) is 50.7 Å². The molecule has 0 aromatic carbocycles. The van der Waals surface area contributed by atoms with E-state index in [1.807, 2.05) is 4.90 Å². The van der Waals surface area contributed by atoms with Crippen molar-refractivity contribution in [3.63, 3.8) is 0 Å². The van der Waals surface area contributed by atoms with E-state index in [2.05, 4.69) is 5.16 Å². The molecular weight excluding hydrogens is 296 g/mol. The lowest BCUT2D eigenvalue weighted by Crippen LogP contribution is -2.41. The molecule has 124 valence electrons. The monoisotopic (exact) mass is 318 g/mol. The first-order valence-corrected chi connectivity index (χ1v) is 8.14. The highest BCUT2D eigenvalue weighted by Crippen LogP contribution is 2.27. The number of aliphatic hydroxyl groups is 1. The first-order valence-electron chi connectivity index (χ1n) is 8.14. The zero-order valence-electron chi connectivity index (χ0n) is 13.1. The summed E-state index contributed by atoms with van der Waals surface area (Å²) in [4.78, 5) is 14.5. The second kappa shape index (κ2) is 7.46. The van der Waals surface area contributed by atoms with Crippen molar-refractivity contribution in [3.8, 4) is 0 Å². The fourth-order valence-corrected chi connectivity index (χ4v) is 3.19. The number of furan rings is 1. The predicted molar refractivity (Wildman–Crippen MR) is 82.5 cm³/mol. The molecule has 0 radical (unpaired) electrons. The number of rotatable bonds is 5. The third kappa shape index (κ3) is 4.01. The van der Waals surface area contributed by atoms with Gasteiger partial charge in [-0.15, -0.1) is 0 Å². The average molecular weight is 318 g/mol. The second-order valence-corrected chi connectivity index (χ2v) is 6.02. The van der Waals surface area contributed by atoms with Crippen LogP contribution in [0.2, 0.25) is 0 Å². The molecule has 0 spiro atoms. The highest BCUT2D eigenvalue weighted by atomic mass is 16.5. The van der Waals surface area contributed by atoms with Gasteiger partial charge in [-0.1, -0.05) is 18.0 Å². The maximum absolute atomic E-state index is 12.6. The fourth-order valence-electron chi connectivity index (χ4n) is 3.19. The van der Waals surface area contributed by atoms with Crippen LogP contribution in [-0.4, -0.2) is 33.7 Å². The van der Waals surface area contributed by atoms with Gasteiger partial charge in [0.25, 0.3) is 0 Å². The number of hydrogen-bond acceptors (Lipinski definition) is 5. The van der Waals surface area contributed by atoms with Crippen molar-refractivity contribution in [1.82, 2.24) is 10.1 Å². The Labute approximate surface area is 135 Å². The third-order valence-electron chi connectivity index (χ3n) is 4.39. The zero-order valence-corrected chi connectivity index (χ0v) is 13.1. The summed E-state index contributed by atoms with van der Waals surface area (Å²) < 4.78 is 10.1. The predicted octanol–water partition coefficient (Wildman–Crippen LogP) is 2.71. The summed E-state index contributed by atoms with van der Waals surface area (Å²) in [6.45, 7) is 0.728. The van der Waals surface area contributed by atoms with E-state index in [0.29, 0.717) is 17.9 Å². The van der Waals surface area contributed by atoms with Crippen LogP contribution in [0.5, 0.6) is 0 Å². The number of aliphatic hydroxyl groups excluding tert-OH is 1. The lowest BCUT2D eigenvalue weighted by Gasteiger charge is -2.31. The first-order chi connectivity index (χ1) is 11.2. The van der Waals surface area contributed by atoms with Crippen LogP contribution in [0.1, 0.15) is 49.7 Å². The number of aromatic nitrogens is 1. The Balaban J connectivity index is 1.68. The van der Waals surface area contributed by atoms with E-state index in [9.17, 15) is 9.90 Å². The lowest BCUT2D eigenvalue weighted by molar-refractivity contribution is -0.133. The molecule has 1 fully saturated rings. The zero-order chi connectivity index (χ0) is 16.1. The lowest BCUT2D eigenvalue weighted by atomic mass is 10.0. The van der Waals surface area contributed by atoms with Gasteiger partial charge >= 0.3 is 0 Å². The highest BCUT2D eigenvalue weighted by Gasteiger charge is 2.28. The first kappa shape index (κ1) is 15.8. The molecule has 0 saturated carbocycles. The molecule has 3 rings (SSSR count). The van der Waals surface area contributed by atoms with Gasteiger partial charge in [-0.05, 0) is 25.0 Å². The van der Waals surface area contributed by atoms with Gasteiger partial charge in [-0.3, -0.25) is 4.79 Å². The Morgan fingerprint density at radius 2 is 2.26 bits per heavy atom. The van der Waals surface area contributed by atoms with Crippen LogP contribution in [0.25, 0.3) is 0 Å². The Hall–Kier alpha value is -2.08. The Morgan fingerprint density at radius 3 is 3.00 bits per heavy atom. The largest absolute Gasteiger partial charge is 0.467 e. The van der Waals surface area contributed by atoms with Crippen LogP contribution in [0, 0.1) is 0 Å². The molecule has 6 nitrogen and oxygen atoms in total. The van der Waals surface area contributed by atoms with Crippen LogP contribution < -0.4 is 0 Å². The van der Waals surface area contributed by atoms with Crippen LogP contribution in [0.4, 0.5) is 0 Å². The highest BCUT2D eigenvalue weighted by molar-refractivity contribution is 5.78. The number of hydrogen-bond donors (Lipinski definition) is 1. The fraction of sp³-hybridized carbons (Fsp3) is 0.529. The summed E-state index contributed by atoms with van der Waals surface area (Å²) in [5, 5.41) is 14.2. The summed E-state index contributed by atoms with van der Waals surface area (Å²) in [5.74, 6) is 0.593. The van der Waals surface area contributed by atoms with E-state index < -0.39 is 6.10 Å². The molecule has 1 N–H and O–H groups in total. The standard InChI is InChI=1S/C17H22N2O4/c20-15(16-6-4-9-22-16)12-14-5-2-1-3-8-19(14)17(21)11-13-7-10-23-18-13/h4,6-7,9-10,14-15,20H,1-3,5,8,11-12H2. The molecule has 1 aliphatic heterocycles. The quantitative estimate of drug-likeness (QED) is 0.917. The summed E-state index contributed by atoms with van der Waals surface area (Å²) >= 11 is 0. The SMILES string of the molecule is O=C(Cc1ccon1)N1CCCCCC1CC(O)c1ccco1. The van der Waals surface area contributed by atoms with Gasteiger partial charge in [0.15, 0.2) is 0 Å². The minimum Gasteiger partial charge on any atom is -0.467 e. The van der Waals surface area contributed by atoms with E-state index in [0.717, 1.165) is 32.2 Å². The van der Waals surface area contributed by atoms with Gasteiger partial charge in [0.2, 0.25) is 5.91 Å². The summed E-state index contributed by atoms with van der Waals surface area (Å²) in [6, 6.07) is 5.27. The Bertz CT molecular complexity index is 594. The van der Waals surface area contributed by atoms with Gasteiger partial charge in [0.1, 0.15) is 18.1 Å². The number of likely N-dealkylation sites (tertiary alicyclic amines) is 1. The molecular formula is C17H22N2O4. The Morgan fingerprint density at radius 1 is 1.35 bits per heavy atom. The van der Waals surface area contributed by atoms with Crippen molar-refractivity contribution in [1.29, 1.82) is 0 Å². The molecule has 2 unspecified atom stereocenters. The topological polar surface area (TPSA) is 79.7 Å². The van der Waals surface area contributed by atoms with Crippen molar-refractivity contribution in [2.24, 2.45) is 0 Å². The molecule has 1 aliphatic rings. The molecule has 6 heteroatoms. The van der Waals surface area contributed by atoms with Crippen LogP contribution in [-0.2, 0) is 11.2 Å². The van der Waals surface area contributed by atoms with Crippen molar-refractivity contribution in [2.75, 3.05) is 6.54 Å². The maximum Gasteiger partial charge on any atom is 0.228 e. The second-order valence-electron chi connectivity index (χ2n) is 6.02.